The van der Waals surface area contributed by atoms with Gasteiger partial charge in [0, 0.05) is 7.11 Å². The largest absolute Gasteiger partial charge is 0.434 e. The van der Waals surface area contributed by atoms with Crippen molar-refractivity contribution in [2.24, 2.45) is 0 Å². The van der Waals surface area contributed by atoms with Crippen molar-refractivity contribution >= 4 is 37.8 Å². The summed E-state index contributed by atoms with van der Waals surface area (Å²) in [5, 5.41) is 0. The van der Waals surface area contributed by atoms with Crippen LogP contribution in [-0.2, 0) is 17.5 Å². The summed E-state index contributed by atoms with van der Waals surface area (Å²) < 4.78 is 8.90. The van der Waals surface area contributed by atoms with Gasteiger partial charge in [-0.1, -0.05) is 62.2 Å². The summed E-state index contributed by atoms with van der Waals surface area (Å²) in [6, 6.07) is 9.21. The predicted molar refractivity (Wildman–Crippen MR) is 68.5 cm³/mol. The molecule has 5 heteroatoms. The lowest BCUT2D eigenvalue weighted by Gasteiger charge is -2.21. The van der Waals surface area contributed by atoms with Crippen LogP contribution in [0, 0.1) is 0 Å². The lowest BCUT2D eigenvalue weighted by Crippen LogP contribution is -2.29. The van der Waals surface area contributed by atoms with E-state index in [1.807, 2.05) is 30.3 Å². The number of ether oxygens (including phenoxy) is 2. The molecule has 0 N–H and O–H groups in total. The average molecular weight is 352 g/mol. The number of rotatable bonds is 4. The Balaban J connectivity index is 2.82. The first-order valence-electron chi connectivity index (χ1n) is 4.65. The fourth-order valence-corrected chi connectivity index (χ4v) is 1.75. The number of hydrogen-bond acceptors (Lipinski definition) is 3. The highest BCUT2D eigenvalue weighted by Crippen LogP contribution is 2.39. The number of benzene rings is 1. The van der Waals surface area contributed by atoms with Crippen LogP contribution in [0.4, 0.5) is 0 Å². The molecule has 1 aromatic carbocycles. The monoisotopic (exact) mass is 350 g/mol. The zero-order valence-corrected chi connectivity index (χ0v) is 12.1. The Morgan fingerprint density at radius 1 is 1.31 bits per heavy atom. The number of carbonyl (C=O) groups is 1. The smallest absolute Gasteiger partial charge is 0.340 e. The van der Waals surface area contributed by atoms with E-state index < -0.39 is 15.5 Å². The van der Waals surface area contributed by atoms with Crippen LogP contribution in [0.3, 0.4) is 0 Å². The molecule has 3 nitrogen and oxygen atoms in total. The number of methoxy groups -OCH3 is 1. The van der Waals surface area contributed by atoms with E-state index in [9.17, 15) is 4.79 Å². The van der Waals surface area contributed by atoms with Gasteiger partial charge in [0.15, 0.2) is 6.29 Å². The molecule has 0 aliphatic carbocycles. The Morgan fingerprint density at radius 3 is 2.38 bits per heavy atom. The molecule has 0 fully saturated rings. The van der Waals surface area contributed by atoms with Crippen molar-refractivity contribution in [3.05, 3.63) is 35.9 Å². The van der Waals surface area contributed by atoms with Gasteiger partial charge in [-0.25, -0.2) is 4.79 Å². The molecule has 0 radical (unpaired) electrons. The molecule has 0 bridgehead atoms. The van der Waals surface area contributed by atoms with Crippen molar-refractivity contribution in [2.75, 3.05) is 7.11 Å². The van der Waals surface area contributed by atoms with Crippen molar-refractivity contribution in [1.82, 2.24) is 0 Å². The van der Waals surface area contributed by atoms with E-state index in [1.165, 1.54) is 7.11 Å². The van der Waals surface area contributed by atoms with Gasteiger partial charge in [-0.05, 0) is 12.5 Å². The fraction of sp³-hybridized carbons (Fsp3) is 0.364. The molecule has 1 atom stereocenters. The van der Waals surface area contributed by atoms with Crippen LogP contribution in [-0.4, -0.2) is 19.4 Å². The van der Waals surface area contributed by atoms with Crippen LogP contribution in [0.2, 0.25) is 0 Å². The summed E-state index contributed by atoms with van der Waals surface area (Å²) >= 11 is 6.60. The van der Waals surface area contributed by atoms with E-state index in [2.05, 4.69) is 31.9 Å². The Labute approximate surface area is 111 Å². The highest BCUT2D eigenvalue weighted by molar-refractivity contribution is 9.25. The minimum atomic E-state index is -1.03. The van der Waals surface area contributed by atoms with Gasteiger partial charge in [0.05, 0.1) is 0 Å². The lowest BCUT2D eigenvalue weighted by atomic mass is 10.1. The molecule has 0 aliphatic heterocycles. The number of halogens is 2. The number of hydrogen-bond donors (Lipinski definition) is 0. The summed E-state index contributed by atoms with van der Waals surface area (Å²) in [4.78, 5) is 11.8. The molecular weight excluding hydrogens is 340 g/mol. The van der Waals surface area contributed by atoms with Crippen LogP contribution >= 0.6 is 31.9 Å². The second-order valence-electron chi connectivity index (χ2n) is 3.15. The zero-order valence-electron chi connectivity index (χ0n) is 8.94. The topological polar surface area (TPSA) is 35.5 Å². The minimum Gasteiger partial charge on any atom is -0.434 e. The molecule has 0 spiro atoms. The van der Waals surface area contributed by atoms with Crippen molar-refractivity contribution in [2.45, 2.75) is 16.4 Å². The van der Waals surface area contributed by atoms with Gasteiger partial charge in [-0.2, -0.15) is 0 Å². The zero-order chi connectivity index (χ0) is 12.2. The van der Waals surface area contributed by atoms with E-state index in [0.717, 1.165) is 5.56 Å². The molecular formula is C11H12Br2O3. The van der Waals surface area contributed by atoms with Crippen LogP contribution in [0.1, 0.15) is 12.5 Å². The summed E-state index contributed by atoms with van der Waals surface area (Å²) in [5.74, 6) is -0.451. The van der Waals surface area contributed by atoms with E-state index >= 15 is 0 Å². The highest BCUT2D eigenvalue weighted by Gasteiger charge is 2.37. The van der Waals surface area contributed by atoms with Gasteiger partial charge in [0.1, 0.15) is 0 Å². The third-order valence-electron chi connectivity index (χ3n) is 2.00. The van der Waals surface area contributed by atoms with E-state index in [4.69, 9.17) is 9.47 Å². The van der Waals surface area contributed by atoms with E-state index in [-0.39, 0.29) is 0 Å². The van der Waals surface area contributed by atoms with Crippen LogP contribution in [0.15, 0.2) is 30.3 Å². The third kappa shape index (κ3) is 3.30. The number of esters is 1. The number of alkyl halides is 2. The lowest BCUT2D eigenvalue weighted by molar-refractivity contribution is -0.169. The fourth-order valence-electron chi connectivity index (χ4n) is 1.04. The normalized spacial score (nSPS) is 13.2. The van der Waals surface area contributed by atoms with Crippen molar-refractivity contribution in [1.29, 1.82) is 0 Å². The molecule has 0 amide bonds. The Hall–Kier alpha value is -0.390. The van der Waals surface area contributed by atoms with Crippen LogP contribution in [0.5, 0.6) is 0 Å². The first-order valence-corrected chi connectivity index (χ1v) is 6.24. The van der Waals surface area contributed by atoms with Crippen molar-refractivity contribution < 1.29 is 14.3 Å². The van der Waals surface area contributed by atoms with E-state index in [1.54, 1.807) is 6.92 Å². The minimum absolute atomic E-state index is 0.451. The van der Waals surface area contributed by atoms with E-state index in [0.29, 0.717) is 0 Å². The molecule has 1 unspecified atom stereocenters. The summed E-state index contributed by atoms with van der Waals surface area (Å²) in [7, 11) is 1.48. The number of carbonyl (C=O) groups excluding carboxylic acids is 1. The third-order valence-corrected chi connectivity index (χ3v) is 3.56. The molecule has 0 saturated carbocycles. The van der Waals surface area contributed by atoms with Crippen molar-refractivity contribution in [3.63, 3.8) is 0 Å². The first-order chi connectivity index (χ1) is 7.48. The van der Waals surface area contributed by atoms with Crippen molar-refractivity contribution in [3.8, 4) is 0 Å². The van der Waals surface area contributed by atoms with Gasteiger partial charge in [-0.3, -0.25) is 0 Å². The summed E-state index contributed by atoms with van der Waals surface area (Å²) in [5.41, 5.74) is 0.767. The van der Waals surface area contributed by atoms with Gasteiger partial charge in [0.25, 0.3) is 0 Å². The summed E-state index contributed by atoms with van der Waals surface area (Å²) in [6.07, 6.45) is -0.578. The van der Waals surface area contributed by atoms with Gasteiger partial charge >= 0.3 is 5.97 Å². The molecule has 1 rings (SSSR count). The maximum atomic E-state index is 11.8. The highest BCUT2D eigenvalue weighted by atomic mass is 79.9. The molecule has 0 aliphatic rings. The van der Waals surface area contributed by atoms with Gasteiger partial charge < -0.3 is 9.47 Å². The van der Waals surface area contributed by atoms with Gasteiger partial charge in [0.2, 0.25) is 3.23 Å². The molecule has 1 aromatic rings. The second kappa shape index (κ2) is 5.80. The standard InChI is InChI=1S/C11H12Br2O3/c1-8(15-2)16-10(14)11(12,13)9-6-4-3-5-7-9/h3-8H,1-2H3. The maximum absolute atomic E-state index is 11.8. The Bertz CT molecular complexity index is 352. The maximum Gasteiger partial charge on any atom is 0.340 e. The Kier molecular flexibility index (Phi) is 4.95. The molecule has 16 heavy (non-hydrogen) atoms. The first kappa shape index (κ1) is 13.7. The predicted octanol–water partition coefficient (Wildman–Crippen LogP) is 3.16. The average Bonchev–Trinajstić information content (AvgIpc) is 2.29. The molecule has 0 aromatic heterocycles. The SMILES string of the molecule is COC(C)OC(=O)C(Br)(Br)c1ccccc1. The molecule has 0 heterocycles. The quantitative estimate of drug-likeness (QED) is 0.475. The second-order valence-corrected chi connectivity index (χ2v) is 6.59. The Morgan fingerprint density at radius 2 is 1.88 bits per heavy atom. The van der Waals surface area contributed by atoms with Crippen LogP contribution in [0.25, 0.3) is 0 Å². The molecule has 88 valence electrons. The summed E-state index contributed by atoms with van der Waals surface area (Å²) in [6.45, 7) is 1.65. The molecule has 0 saturated heterocycles. The van der Waals surface area contributed by atoms with Crippen LogP contribution < -0.4 is 0 Å². The van der Waals surface area contributed by atoms with Gasteiger partial charge in [-0.15, -0.1) is 0 Å².